The fourth-order valence-electron chi connectivity index (χ4n) is 1.50. The molecule has 0 aliphatic heterocycles. The molecule has 0 saturated carbocycles. The zero-order chi connectivity index (χ0) is 15.7. The molecule has 0 aromatic carbocycles. The van der Waals surface area contributed by atoms with E-state index in [9.17, 15) is 19.2 Å². The molecule has 0 aliphatic rings. The van der Waals surface area contributed by atoms with Gasteiger partial charge in [0.05, 0.1) is 6.54 Å². The molecule has 0 rings (SSSR count). The number of hydrogen-bond donors (Lipinski definition) is 3. The van der Waals surface area contributed by atoms with Crippen LogP contribution in [0.5, 0.6) is 0 Å². The van der Waals surface area contributed by atoms with Crippen LogP contribution in [0.4, 0.5) is 4.79 Å². The molecule has 0 heterocycles. The predicted octanol–water partition coefficient (Wildman–Crippen LogP) is -1.56. The van der Waals surface area contributed by atoms with Gasteiger partial charge in [-0.15, -0.1) is 0 Å². The molecule has 0 bridgehead atoms. The van der Waals surface area contributed by atoms with Gasteiger partial charge in [0.15, 0.2) is 0 Å². The Hall–Kier alpha value is -2.32. The second-order valence-corrected chi connectivity index (χ2v) is 3.94. The summed E-state index contributed by atoms with van der Waals surface area (Å²) in [6.07, 6.45) is 0. The van der Waals surface area contributed by atoms with Gasteiger partial charge in [-0.05, 0) is 13.8 Å². The van der Waals surface area contributed by atoms with Crippen molar-refractivity contribution in [3.05, 3.63) is 0 Å². The topological polar surface area (TPSA) is 133 Å². The van der Waals surface area contributed by atoms with E-state index in [1.807, 2.05) is 0 Å². The second kappa shape index (κ2) is 8.73. The summed E-state index contributed by atoms with van der Waals surface area (Å²) >= 11 is 0. The number of nitrogens with one attached hydrogen (secondary N) is 1. The van der Waals surface area contributed by atoms with Crippen molar-refractivity contribution < 1.29 is 24.3 Å². The van der Waals surface area contributed by atoms with Gasteiger partial charge in [-0.1, -0.05) is 0 Å². The Morgan fingerprint density at radius 2 is 1.60 bits per heavy atom. The lowest BCUT2D eigenvalue weighted by molar-refractivity contribution is -0.137. The lowest BCUT2D eigenvalue weighted by atomic mass is 10.4. The Morgan fingerprint density at radius 3 is 2.00 bits per heavy atom. The molecule has 0 aliphatic carbocycles. The molecule has 0 radical (unpaired) electrons. The summed E-state index contributed by atoms with van der Waals surface area (Å²) in [5.41, 5.74) is 4.93. The van der Waals surface area contributed by atoms with Crippen LogP contribution in [0.2, 0.25) is 0 Å². The first-order valence-electron chi connectivity index (χ1n) is 6.12. The van der Waals surface area contributed by atoms with Crippen molar-refractivity contribution in [3.8, 4) is 0 Å². The highest BCUT2D eigenvalue weighted by Crippen LogP contribution is 1.92. The van der Waals surface area contributed by atoms with E-state index in [1.54, 1.807) is 13.8 Å². The summed E-state index contributed by atoms with van der Waals surface area (Å²) in [5.74, 6) is -2.41. The number of amides is 4. The molecule has 0 fully saturated rings. The van der Waals surface area contributed by atoms with E-state index in [1.165, 1.54) is 4.90 Å². The van der Waals surface area contributed by atoms with Crippen LogP contribution in [-0.4, -0.2) is 71.4 Å². The lowest BCUT2D eigenvalue weighted by Crippen LogP contribution is -2.49. The Morgan fingerprint density at radius 1 is 1.05 bits per heavy atom. The van der Waals surface area contributed by atoms with Crippen LogP contribution in [-0.2, 0) is 14.4 Å². The summed E-state index contributed by atoms with van der Waals surface area (Å²) in [4.78, 5) is 46.9. The summed E-state index contributed by atoms with van der Waals surface area (Å²) in [5, 5.41) is 10.9. The Kier molecular flexibility index (Phi) is 7.71. The molecule has 0 aromatic rings. The number of carboxylic acids is 1. The normalized spacial score (nSPS) is 9.70. The molecule has 4 amide bonds. The van der Waals surface area contributed by atoms with E-state index in [2.05, 4.69) is 5.32 Å². The van der Waals surface area contributed by atoms with Gasteiger partial charge in [0.1, 0.15) is 13.1 Å². The fraction of sp³-hybridized carbons (Fsp3) is 0.636. The van der Waals surface area contributed by atoms with E-state index < -0.39 is 31.0 Å². The molecule has 0 atom stereocenters. The largest absolute Gasteiger partial charge is 0.480 e. The van der Waals surface area contributed by atoms with Crippen molar-refractivity contribution in [1.82, 2.24) is 15.1 Å². The molecular weight excluding hydrogens is 268 g/mol. The zero-order valence-electron chi connectivity index (χ0n) is 11.6. The van der Waals surface area contributed by atoms with Crippen molar-refractivity contribution >= 4 is 23.8 Å². The van der Waals surface area contributed by atoms with E-state index in [-0.39, 0.29) is 12.5 Å². The van der Waals surface area contributed by atoms with Crippen LogP contribution < -0.4 is 11.1 Å². The number of carbonyl (C=O) groups is 4. The number of carbonyl (C=O) groups excluding carboxylic acids is 3. The molecule has 4 N–H and O–H groups in total. The summed E-state index contributed by atoms with van der Waals surface area (Å²) in [6, 6.07) is -0.827. The number of urea groups is 1. The van der Waals surface area contributed by atoms with Crippen LogP contribution in [0.1, 0.15) is 13.8 Å². The van der Waals surface area contributed by atoms with Crippen molar-refractivity contribution in [2.45, 2.75) is 13.8 Å². The molecule has 0 saturated heterocycles. The quantitative estimate of drug-likeness (QED) is 0.496. The van der Waals surface area contributed by atoms with Gasteiger partial charge in [-0.25, -0.2) is 4.79 Å². The minimum Gasteiger partial charge on any atom is -0.480 e. The van der Waals surface area contributed by atoms with Crippen molar-refractivity contribution in [3.63, 3.8) is 0 Å². The van der Waals surface area contributed by atoms with Gasteiger partial charge >= 0.3 is 12.0 Å². The Balaban J connectivity index is 4.49. The molecule has 20 heavy (non-hydrogen) atoms. The number of nitrogens with two attached hydrogens (primary N) is 1. The molecular formula is C11H20N4O5. The Bertz CT molecular complexity index is 365. The van der Waals surface area contributed by atoms with Gasteiger partial charge in [-0.3, -0.25) is 14.4 Å². The smallest absolute Gasteiger partial charge is 0.323 e. The second-order valence-electron chi connectivity index (χ2n) is 3.94. The molecule has 0 spiro atoms. The van der Waals surface area contributed by atoms with E-state index >= 15 is 0 Å². The lowest BCUT2D eigenvalue weighted by Gasteiger charge is -2.22. The van der Waals surface area contributed by atoms with E-state index in [0.29, 0.717) is 13.1 Å². The predicted molar refractivity (Wildman–Crippen MR) is 69.7 cm³/mol. The first kappa shape index (κ1) is 17.7. The molecule has 0 aromatic heterocycles. The van der Waals surface area contributed by atoms with Gasteiger partial charge in [0, 0.05) is 13.1 Å². The number of likely N-dealkylation sites (N-methyl/N-ethyl adjacent to an activating group) is 1. The van der Waals surface area contributed by atoms with Crippen molar-refractivity contribution in [2.24, 2.45) is 5.73 Å². The van der Waals surface area contributed by atoms with Crippen LogP contribution in [0.25, 0.3) is 0 Å². The number of hydrogen-bond acceptors (Lipinski definition) is 4. The maximum absolute atomic E-state index is 11.7. The summed E-state index contributed by atoms with van der Waals surface area (Å²) in [7, 11) is 0. The van der Waals surface area contributed by atoms with Gasteiger partial charge < -0.3 is 26.0 Å². The third kappa shape index (κ3) is 6.57. The van der Waals surface area contributed by atoms with Gasteiger partial charge in [0.25, 0.3) is 0 Å². The van der Waals surface area contributed by atoms with E-state index in [0.717, 1.165) is 4.90 Å². The van der Waals surface area contributed by atoms with Crippen molar-refractivity contribution in [1.29, 1.82) is 0 Å². The first-order chi connectivity index (χ1) is 9.31. The highest BCUT2D eigenvalue weighted by atomic mass is 16.4. The first-order valence-corrected chi connectivity index (χ1v) is 6.12. The minimum absolute atomic E-state index is 0.268. The maximum Gasteiger partial charge on any atom is 0.323 e. The van der Waals surface area contributed by atoms with Crippen LogP contribution >= 0.6 is 0 Å². The van der Waals surface area contributed by atoms with Crippen LogP contribution in [0.15, 0.2) is 0 Å². The van der Waals surface area contributed by atoms with Gasteiger partial charge in [0.2, 0.25) is 11.8 Å². The average molecular weight is 288 g/mol. The monoisotopic (exact) mass is 288 g/mol. The molecule has 114 valence electrons. The average Bonchev–Trinajstić information content (AvgIpc) is 2.35. The van der Waals surface area contributed by atoms with E-state index in [4.69, 9.17) is 10.8 Å². The number of carboxylic acid groups (broad SMARTS) is 1. The highest BCUT2D eigenvalue weighted by molar-refractivity contribution is 5.88. The standard InChI is InChI=1S/C11H20N4O5/c1-3-14(4-2)9(17)5-13-11(20)15(6-8(12)16)7-10(18)19/h3-7H2,1-2H3,(H2,12,16)(H,13,20)(H,18,19). The van der Waals surface area contributed by atoms with Gasteiger partial charge in [-0.2, -0.15) is 0 Å². The number of nitrogens with zero attached hydrogens (tertiary/aromatic N) is 2. The number of rotatable bonds is 8. The number of primary amides is 1. The minimum atomic E-state index is -1.28. The molecule has 0 unspecified atom stereocenters. The highest BCUT2D eigenvalue weighted by Gasteiger charge is 2.20. The third-order valence-corrected chi connectivity index (χ3v) is 2.47. The summed E-state index contributed by atoms with van der Waals surface area (Å²) in [6.45, 7) is 3.14. The third-order valence-electron chi connectivity index (χ3n) is 2.47. The number of aliphatic carboxylic acids is 1. The molecule has 9 nitrogen and oxygen atoms in total. The summed E-state index contributed by atoms with van der Waals surface area (Å²) < 4.78 is 0. The fourth-order valence-corrected chi connectivity index (χ4v) is 1.50. The van der Waals surface area contributed by atoms with Crippen LogP contribution in [0, 0.1) is 0 Å². The molecule has 9 heteroatoms. The Labute approximate surface area is 116 Å². The van der Waals surface area contributed by atoms with Crippen molar-refractivity contribution in [2.75, 3.05) is 32.7 Å². The van der Waals surface area contributed by atoms with Crippen LogP contribution in [0.3, 0.4) is 0 Å². The zero-order valence-corrected chi connectivity index (χ0v) is 11.6. The maximum atomic E-state index is 11.7. The SMILES string of the molecule is CCN(CC)C(=O)CNC(=O)N(CC(N)=O)CC(=O)O.